The fourth-order valence-electron chi connectivity index (χ4n) is 2.29. The molecule has 2 heterocycles. The first-order chi connectivity index (χ1) is 8.73. The topological polar surface area (TPSA) is 59.3 Å². The molecular weight excluding hydrogens is 230 g/mol. The second-order valence-electron chi connectivity index (χ2n) is 4.98. The molecule has 0 amide bonds. The summed E-state index contributed by atoms with van der Waals surface area (Å²) >= 11 is 0. The lowest BCUT2D eigenvalue weighted by molar-refractivity contribution is -0.0617. The van der Waals surface area contributed by atoms with E-state index in [1.165, 1.54) is 0 Å². The van der Waals surface area contributed by atoms with Crippen LogP contribution < -0.4 is 5.32 Å². The van der Waals surface area contributed by atoms with Gasteiger partial charge in [-0.05, 0) is 6.42 Å². The lowest BCUT2D eigenvalue weighted by atomic mass is 9.94. The van der Waals surface area contributed by atoms with Crippen molar-refractivity contribution in [2.45, 2.75) is 44.9 Å². The van der Waals surface area contributed by atoms with E-state index in [-0.39, 0.29) is 0 Å². The van der Waals surface area contributed by atoms with E-state index in [0.717, 1.165) is 18.8 Å². The van der Waals surface area contributed by atoms with Crippen LogP contribution in [0.15, 0.2) is 12.4 Å². The highest BCUT2D eigenvalue weighted by Crippen LogP contribution is 2.19. The minimum absolute atomic E-state index is 0.606. The number of nitrogens with zero attached hydrogens (tertiary/aromatic N) is 2. The fraction of sp³-hybridized carbons (Fsp3) is 0.769. The number of ether oxygens (including phenoxy) is 1. The first kappa shape index (κ1) is 13.5. The lowest BCUT2D eigenvalue weighted by Gasteiger charge is -2.32. The van der Waals surface area contributed by atoms with Crippen molar-refractivity contribution in [1.82, 2.24) is 14.9 Å². The standard InChI is InChI=1S/C13H23N3O2/c1-2-6-16-7-5-15-12(16)10-14-11-13(17)3-8-18-9-4-13/h5,7,14,17H,2-4,6,8-11H2,1H3. The van der Waals surface area contributed by atoms with Crippen molar-refractivity contribution in [2.75, 3.05) is 19.8 Å². The van der Waals surface area contributed by atoms with Gasteiger partial charge in [-0.2, -0.15) is 0 Å². The molecule has 0 radical (unpaired) electrons. The van der Waals surface area contributed by atoms with E-state index in [1.807, 2.05) is 12.4 Å². The monoisotopic (exact) mass is 253 g/mol. The Morgan fingerprint density at radius 1 is 1.50 bits per heavy atom. The smallest absolute Gasteiger partial charge is 0.122 e. The third-order valence-corrected chi connectivity index (χ3v) is 3.43. The summed E-state index contributed by atoms with van der Waals surface area (Å²) in [5.41, 5.74) is -0.611. The first-order valence-electron chi connectivity index (χ1n) is 6.74. The van der Waals surface area contributed by atoms with Gasteiger partial charge in [0.15, 0.2) is 0 Å². The number of aryl methyl sites for hydroxylation is 1. The number of nitrogens with one attached hydrogen (secondary N) is 1. The van der Waals surface area contributed by atoms with Crippen LogP contribution in [0.25, 0.3) is 0 Å². The van der Waals surface area contributed by atoms with Crippen molar-refractivity contribution < 1.29 is 9.84 Å². The molecule has 1 fully saturated rings. The summed E-state index contributed by atoms with van der Waals surface area (Å²) < 4.78 is 7.42. The third-order valence-electron chi connectivity index (χ3n) is 3.43. The van der Waals surface area contributed by atoms with E-state index in [0.29, 0.717) is 39.1 Å². The molecule has 1 aromatic heterocycles. The van der Waals surface area contributed by atoms with Gasteiger partial charge in [0.25, 0.3) is 0 Å². The van der Waals surface area contributed by atoms with Gasteiger partial charge in [0.2, 0.25) is 0 Å². The van der Waals surface area contributed by atoms with Crippen LogP contribution in [0.3, 0.4) is 0 Å². The normalized spacial score (nSPS) is 19.0. The Labute approximate surface area is 108 Å². The maximum atomic E-state index is 10.3. The average Bonchev–Trinajstić information content (AvgIpc) is 2.78. The van der Waals surface area contributed by atoms with Crippen LogP contribution in [0.4, 0.5) is 0 Å². The predicted octanol–water partition coefficient (Wildman–Crippen LogP) is 0.924. The quantitative estimate of drug-likeness (QED) is 0.791. The summed E-state index contributed by atoms with van der Waals surface area (Å²) in [4.78, 5) is 4.33. The maximum absolute atomic E-state index is 10.3. The zero-order chi connectivity index (χ0) is 12.8. The fourth-order valence-corrected chi connectivity index (χ4v) is 2.29. The summed E-state index contributed by atoms with van der Waals surface area (Å²) in [7, 11) is 0. The van der Waals surface area contributed by atoms with Gasteiger partial charge in [-0.1, -0.05) is 6.92 Å². The zero-order valence-corrected chi connectivity index (χ0v) is 11.1. The lowest BCUT2D eigenvalue weighted by Crippen LogP contribution is -2.45. The summed E-state index contributed by atoms with van der Waals surface area (Å²) in [5, 5.41) is 13.6. The molecule has 0 atom stereocenters. The van der Waals surface area contributed by atoms with Gasteiger partial charge < -0.3 is 19.7 Å². The first-order valence-corrected chi connectivity index (χ1v) is 6.74. The molecular formula is C13H23N3O2. The Kier molecular flexibility index (Phi) is 4.74. The van der Waals surface area contributed by atoms with Gasteiger partial charge in [-0.3, -0.25) is 0 Å². The largest absolute Gasteiger partial charge is 0.388 e. The van der Waals surface area contributed by atoms with Crippen molar-refractivity contribution in [1.29, 1.82) is 0 Å². The van der Waals surface area contributed by atoms with E-state index in [1.54, 1.807) is 0 Å². The molecule has 5 nitrogen and oxygen atoms in total. The van der Waals surface area contributed by atoms with Gasteiger partial charge in [-0.25, -0.2) is 4.98 Å². The van der Waals surface area contributed by atoms with Gasteiger partial charge >= 0.3 is 0 Å². The molecule has 1 aliphatic heterocycles. The maximum Gasteiger partial charge on any atom is 0.122 e. The molecule has 0 bridgehead atoms. The number of aliphatic hydroxyl groups is 1. The Hall–Kier alpha value is -0.910. The second-order valence-corrected chi connectivity index (χ2v) is 4.98. The Balaban J connectivity index is 1.78. The zero-order valence-electron chi connectivity index (χ0n) is 11.1. The molecule has 1 saturated heterocycles. The van der Waals surface area contributed by atoms with E-state index in [4.69, 9.17) is 4.74 Å². The second kappa shape index (κ2) is 6.31. The summed E-state index contributed by atoms with van der Waals surface area (Å²) in [5.74, 6) is 1.03. The number of hydrogen-bond acceptors (Lipinski definition) is 4. The van der Waals surface area contributed by atoms with Crippen LogP contribution in [0, 0.1) is 0 Å². The van der Waals surface area contributed by atoms with Gasteiger partial charge in [0, 0.05) is 51.5 Å². The van der Waals surface area contributed by atoms with Crippen molar-refractivity contribution in [3.63, 3.8) is 0 Å². The summed E-state index contributed by atoms with van der Waals surface area (Å²) in [6.45, 7) is 5.77. The summed E-state index contributed by atoms with van der Waals surface area (Å²) in [6, 6.07) is 0. The average molecular weight is 253 g/mol. The van der Waals surface area contributed by atoms with Gasteiger partial charge in [0.1, 0.15) is 5.82 Å². The highest BCUT2D eigenvalue weighted by molar-refractivity contribution is 4.93. The van der Waals surface area contributed by atoms with Crippen molar-refractivity contribution in [3.05, 3.63) is 18.2 Å². The molecule has 1 aromatic rings. The highest BCUT2D eigenvalue weighted by atomic mass is 16.5. The molecule has 0 aliphatic carbocycles. The molecule has 18 heavy (non-hydrogen) atoms. The molecule has 2 rings (SSSR count). The number of imidazole rings is 1. The molecule has 0 spiro atoms. The number of aromatic nitrogens is 2. The van der Waals surface area contributed by atoms with Gasteiger partial charge in [0.05, 0.1) is 12.1 Å². The molecule has 2 N–H and O–H groups in total. The minimum atomic E-state index is -0.611. The predicted molar refractivity (Wildman–Crippen MR) is 69.2 cm³/mol. The third kappa shape index (κ3) is 3.54. The molecule has 102 valence electrons. The molecule has 0 saturated carbocycles. The minimum Gasteiger partial charge on any atom is -0.388 e. The molecule has 1 aliphatic rings. The molecule has 0 unspecified atom stereocenters. The van der Waals surface area contributed by atoms with Crippen LogP contribution in [0.2, 0.25) is 0 Å². The number of rotatable bonds is 6. The van der Waals surface area contributed by atoms with Crippen LogP contribution >= 0.6 is 0 Å². The van der Waals surface area contributed by atoms with Gasteiger partial charge in [-0.15, -0.1) is 0 Å². The molecule has 0 aromatic carbocycles. The van der Waals surface area contributed by atoms with E-state index >= 15 is 0 Å². The van der Waals surface area contributed by atoms with Crippen molar-refractivity contribution in [2.24, 2.45) is 0 Å². The van der Waals surface area contributed by atoms with Crippen LogP contribution in [-0.2, 0) is 17.8 Å². The molecule has 5 heteroatoms. The Bertz CT molecular complexity index is 359. The van der Waals surface area contributed by atoms with Crippen LogP contribution in [0.5, 0.6) is 0 Å². The summed E-state index contributed by atoms with van der Waals surface area (Å²) in [6.07, 6.45) is 6.36. The van der Waals surface area contributed by atoms with E-state index in [2.05, 4.69) is 21.8 Å². The SMILES string of the molecule is CCCn1ccnc1CNCC1(O)CCOCC1. The van der Waals surface area contributed by atoms with E-state index < -0.39 is 5.60 Å². The van der Waals surface area contributed by atoms with Crippen molar-refractivity contribution >= 4 is 0 Å². The van der Waals surface area contributed by atoms with Crippen LogP contribution in [0.1, 0.15) is 32.0 Å². The Morgan fingerprint density at radius 3 is 3.00 bits per heavy atom. The highest BCUT2D eigenvalue weighted by Gasteiger charge is 2.29. The van der Waals surface area contributed by atoms with E-state index in [9.17, 15) is 5.11 Å². The van der Waals surface area contributed by atoms with Crippen LogP contribution in [-0.4, -0.2) is 40.0 Å². The Morgan fingerprint density at radius 2 is 2.28 bits per heavy atom. The number of hydrogen-bond donors (Lipinski definition) is 2. The van der Waals surface area contributed by atoms with Crippen molar-refractivity contribution in [3.8, 4) is 0 Å².